The number of rotatable bonds is 5. The predicted molar refractivity (Wildman–Crippen MR) is 109 cm³/mol. The molecular formula is C21H32F2O4S2. The van der Waals surface area contributed by atoms with E-state index in [-0.39, 0.29) is 22.9 Å². The molecule has 0 aromatic carbocycles. The van der Waals surface area contributed by atoms with Crippen LogP contribution in [0.1, 0.15) is 64.7 Å². The number of carbonyl (C=O) groups excluding carboxylic acids is 1. The molecule has 4 nitrogen and oxygen atoms in total. The molecule has 4 fully saturated rings. The Morgan fingerprint density at radius 1 is 1.07 bits per heavy atom. The van der Waals surface area contributed by atoms with Crippen molar-refractivity contribution in [3.63, 3.8) is 0 Å². The Balaban J connectivity index is 1.45. The van der Waals surface area contributed by atoms with Crippen molar-refractivity contribution >= 4 is 25.7 Å². The molecule has 0 aliphatic heterocycles. The third-order valence-electron chi connectivity index (χ3n) is 9.09. The van der Waals surface area contributed by atoms with E-state index in [0.717, 1.165) is 44.9 Å². The van der Waals surface area contributed by atoms with Crippen LogP contribution < -0.4 is 0 Å². The Hall–Kier alpha value is -0.210. The normalized spacial score (nSPS) is 44.8. The van der Waals surface area contributed by atoms with E-state index in [0.29, 0.717) is 53.2 Å². The van der Waals surface area contributed by atoms with Crippen molar-refractivity contribution in [1.29, 1.82) is 0 Å². The smallest absolute Gasteiger partial charge is 0.298 e. The van der Waals surface area contributed by atoms with Crippen LogP contribution >= 0.6 is 10.8 Å². The minimum absolute atomic E-state index is 0.0535. The van der Waals surface area contributed by atoms with Gasteiger partial charge in [-0.05, 0) is 92.8 Å². The highest BCUT2D eigenvalue weighted by atomic mass is 33.1. The van der Waals surface area contributed by atoms with Crippen molar-refractivity contribution in [2.45, 2.75) is 71.1 Å². The molecule has 0 aromatic heterocycles. The Kier molecular flexibility index (Phi) is 6.10. The van der Waals surface area contributed by atoms with E-state index >= 15 is 0 Å². The van der Waals surface area contributed by atoms with Gasteiger partial charge < -0.3 is 0 Å². The number of ketones is 1. The van der Waals surface area contributed by atoms with Crippen LogP contribution in [0.4, 0.5) is 8.78 Å². The lowest BCUT2D eigenvalue weighted by molar-refractivity contribution is -0.128. The molecule has 4 saturated carbocycles. The first-order chi connectivity index (χ1) is 13.6. The second kappa shape index (κ2) is 8.05. The molecule has 0 amide bonds. The molecule has 4 rings (SSSR count). The average Bonchev–Trinajstić information content (AvgIpc) is 3.02. The van der Waals surface area contributed by atoms with Crippen molar-refractivity contribution in [2.24, 2.45) is 46.8 Å². The number of hydrogen-bond acceptors (Lipinski definition) is 4. The zero-order chi connectivity index (χ0) is 21.0. The van der Waals surface area contributed by atoms with Crippen LogP contribution in [-0.2, 0) is 13.9 Å². The third-order valence-corrected chi connectivity index (χ3v) is 11.0. The van der Waals surface area contributed by atoms with Crippen LogP contribution in [0.3, 0.4) is 0 Å². The van der Waals surface area contributed by atoms with E-state index in [1.54, 1.807) is 0 Å². The van der Waals surface area contributed by atoms with Crippen molar-refractivity contribution in [3.05, 3.63) is 0 Å². The van der Waals surface area contributed by atoms with Gasteiger partial charge in [0.25, 0.3) is 0 Å². The molecule has 4 aliphatic carbocycles. The Labute approximate surface area is 176 Å². The van der Waals surface area contributed by atoms with E-state index < -0.39 is 21.5 Å². The first-order valence-corrected chi connectivity index (χ1v) is 14.0. The van der Waals surface area contributed by atoms with Crippen molar-refractivity contribution in [3.8, 4) is 0 Å². The van der Waals surface area contributed by atoms with Gasteiger partial charge in [0.1, 0.15) is 5.78 Å². The summed E-state index contributed by atoms with van der Waals surface area (Å²) in [6.07, 6.45) is 6.03. The minimum Gasteiger partial charge on any atom is -0.298 e. The summed E-state index contributed by atoms with van der Waals surface area (Å²) in [5.41, 5.74) is -0.0922. The third kappa shape index (κ3) is 4.14. The highest BCUT2D eigenvalue weighted by Gasteiger charge is 2.58. The van der Waals surface area contributed by atoms with Crippen LogP contribution in [0.5, 0.6) is 0 Å². The Bertz CT molecular complexity index is 743. The molecule has 0 heterocycles. The number of fused-ring (bicyclic) bond motifs is 5. The van der Waals surface area contributed by atoms with Crippen molar-refractivity contribution in [1.82, 2.24) is 0 Å². The van der Waals surface area contributed by atoms with Crippen LogP contribution in [0, 0.1) is 46.8 Å². The molecule has 166 valence electrons. The maximum absolute atomic E-state index is 13.2. The van der Waals surface area contributed by atoms with Gasteiger partial charge in [-0.3, -0.25) is 9.35 Å². The number of halogens is 2. The minimum atomic E-state index is -4.20. The fourth-order valence-electron chi connectivity index (χ4n) is 7.88. The van der Waals surface area contributed by atoms with Crippen molar-refractivity contribution < 1.29 is 26.5 Å². The second-order valence-electron chi connectivity index (χ2n) is 10.2. The largest absolute Gasteiger partial charge is 0.320 e. The Morgan fingerprint density at radius 3 is 2.48 bits per heavy atom. The topological polar surface area (TPSA) is 71.4 Å². The molecule has 4 aliphatic rings. The zero-order valence-corrected chi connectivity index (χ0v) is 18.6. The number of carbonyl (C=O) groups is 1. The molecule has 0 spiro atoms. The molecule has 0 radical (unpaired) electrons. The maximum atomic E-state index is 13.2. The molecule has 3 unspecified atom stereocenters. The summed E-state index contributed by atoms with van der Waals surface area (Å²) in [6, 6.07) is 0. The van der Waals surface area contributed by atoms with E-state index in [9.17, 15) is 22.0 Å². The lowest BCUT2D eigenvalue weighted by atomic mass is 9.49. The van der Waals surface area contributed by atoms with Gasteiger partial charge in [0, 0.05) is 22.6 Å². The summed E-state index contributed by atoms with van der Waals surface area (Å²) in [7, 11) is -3.87. The molecule has 1 N–H and O–H groups in total. The summed E-state index contributed by atoms with van der Waals surface area (Å²) in [6.45, 7) is 2.21. The van der Waals surface area contributed by atoms with Gasteiger partial charge >= 0.3 is 9.15 Å². The predicted octanol–water partition coefficient (Wildman–Crippen LogP) is 5.24. The van der Waals surface area contributed by atoms with Gasteiger partial charge in [-0.15, -0.1) is 0 Å². The first kappa shape index (κ1) is 22.0. The molecule has 0 aromatic rings. The molecule has 8 atom stereocenters. The lowest BCUT2D eigenvalue weighted by Gasteiger charge is -2.56. The lowest BCUT2D eigenvalue weighted by Crippen LogP contribution is -2.49. The molecular weight excluding hydrogens is 418 g/mol. The monoisotopic (exact) mass is 450 g/mol. The molecule has 8 heteroatoms. The van der Waals surface area contributed by atoms with Gasteiger partial charge in [-0.25, -0.2) is 8.78 Å². The van der Waals surface area contributed by atoms with Crippen LogP contribution in [-0.4, -0.2) is 30.9 Å². The molecule has 0 bridgehead atoms. The number of Topliss-reactive ketones (excluding diaryl/α,β-unsaturated/α-hetero) is 1. The van der Waals surface area contributed by atoms with E-state index in [2.05, 4.69) is 6.92 Å². The highest BCUT2D eigenvalue weighted by molar-refractivity contribution is 8.70. The van der Waals surface area contributed by atoms with Gasteiger partial charge in [0.05, 0.1) is 5.75 Å². The highest BCUT2D eigenvalue weighted by Crippen LogP contribution is 2.64. The van der Waals surface area contributed by atoms with Crippen LogP contribution in [0.15, 0.2) is 0 Å². The average molecular weight is 451 g/mol. The summed E-state index contributed by atoms with van der Waals surface area (Å²) >= 11 is 0. The first-order valence-electron chi connectivity index (χ1n) is 11.0. The summed E-state index contributed by atoms with van der Waals surface area (Å²) in [5.74, 6) is 1.88. The second-order valence-corrected chi connectivity index (χ2v) is 13.5. The van der Waals surface area contributed by atoms with Crippen LogP contribution in [0.25, 0.3) is 0 Å². The Morgan fingerprint density at radius 2 is 1.79 bits per heavy atom. The quantitative estimate of drug-likeness (QED) is 0.458. The van der Waals surface area contributed by atoms with E-state index in [4.69, 9.17) is 4.55 Å². The van der Waals surface area contributed by atoms with E-state index in [1.807, 2.05) is 0 Å². The van der Waals surface area contributed by atoms with Crippen molar-refractivity contribution in [2.75, 3.05) is 5.75 Å². The SMILES string of the molecule is C[C@]12CCC3C(CC[C@H]4C[C@@H](C(F)F)CC[C@H]34)C1CC[C@@H]2C(=O)CSS(=O)(=O)O. The van der Waals surface area contributed by atoms with Gasteiger partial charge in [-0.1, -0.05) is 6.92 Å². The van der Waals surface area contributed by atoms with E-state index in [1.165, 1.54) is 0 Å². The van der Waals surface area contributed by atoms with Gasteiger partial charge in [-0.2, -0.15) is 8.42 Å². The number of alkyl halides is 2. The fourth-order valence-corrected chi connectivity index (χ4v) is 9.14. The van der Waals surface area contributed by atoms with Crippen LogP contribution in [0.2, 0.25) is 0 Å². The van der Waals surface area contributed by atoms with Gasteiger partial charge in [0.15, 0.2) is 0 Å². The molecule has 0 saturated heterocycles. The maximum Gasteiger partial charge on any atom is 0.320 e. The summed E-state index contributed by atoms with van der Waals surface area (Å²) in [5, 5.41) is 0. The fraction of sp³-hybridized carbons (Fsp3) is 0.952. The summed E-state index contributed by atoms with van der Waals surface area (Å²) in [4.78, 5) is 12.8. The standard InChI is InChI=1S/C21H32F2O4S2/c1-21-9-8-15-14-4-3-13(20(22)23)10-12(14)2-5-16(15)17(21)6-7-18(21)19(24)11-28-29(25,26)27/h12-18,20H,2-11H2,1H3,(H,25,26,27)/t12-,13-,14-,15?,16?,17?,18+,21-/m0/s1. The molecule has 29 heavy (non-hydrogen) atoms. The zero-order valence-electron chi connectivity index (χ0n) is 16.9. The van der Waals surface area contributed by atoms with Gasteiger partial charge in [0.2, 0.25) is 6.43 Å². The summed E-state index contributed by atoms with van der Waals surface area (Å²) < 4.78 is 57.4. The number of hydrogen-bond donors (Lipinski definition) is 1.